The van der Waals surface area contributed by atoms with E-state index in [1.807, 2.05) is 20.8 Å². The van der Waals surface area contributed by atoms with Gasteiger partial charge < -0.3 is 25.1 Å². The largest absolute Gasteiger partial charge is 0.464 e. The second-order valence-electron chi connectivity index (χ2n) is 9.94. The number of nitrogens with two attached hydrogens (primary N) is 1. The molecule has 208 valence electrons. The Morgan fingerprint density at radius 2 is 2.00 bits per heavy atom. The molecular formula is C25H36N5O7P. The number of carbonyl (C=O) groups excluding carboxylic acids is 1. The van der Waals surface area contributed by atoms with Crippen LogP contribution in [0, 0.1) is 22.7 Å². The summed E-state index contributed by atoms with van der Waals surface area (Å²) in [5, 5.41) is 10.7. The Kier molecular flexibility index (Phi) is 9.48. The Morgan fingerprint density at radius 3 is 2.61 bits per heavy atom. The Balaban J connectivity index is 1.81. The van der Waals surface area contributed by atoms with Gasteiger partial charge in [-0.2, -0.15) is 10.1 Å². The lowest BCUT2D eigenvalue weighted by Gasteiger charge is -2.30. The molecule has 1 aliphatic heterocycles. The second-order valence-corrected chi connectivity index (χ2v) is 11.6. The van der Waals surface area contributed by atoms with Crippen LogP contribution in [0.1, 0.15) is 40.8 Å². The first-order chi connectivity index (χ1) is 17.9. The van der Waals surface area contributed by atoms with E-state index in [4.69, 9.17) is 29.7 Å². The summed E-state index contributed by atoms with van der Waals surface area (Å²) in [5.41, 5.74) is 4.08. The molecule has 6 atom stereocenters. The van der Waals surface area contributed by atoms with Crippen molar-refractivity contribution in [1.82, 2.24) is 14.6 Å². The monoisotopic (exact) mass is 549 g/mol. The number of esters is 1. The number of nitrogen functional groups attached to an aromatic ring is 1. The molecule has 3 rings (SSSR count). The summed E-state index contributed by atoms with van der Waals surface area (Å²) >= 11 is 0. The predicted octanol–water partition coefficient (Wildman–Crippen LogP) is 3.40. The lowest BCUT2D eigenvalue weighted by Crippen LogP contribution is -2.38. The number of hydrogen-bond donors (Lipinski definition) is 3. The van der Waals surface area contributed by atoms with Crippen LogP contribution in [0.25, 0.3) is 0 Å². The van der Waals surface area contributed by atoms with Gasteiger partial charge in [-0.15, -0.1) is 0 Å². The summed E-state index contributed by atoms with van der Waals surface area (Å²) in [4.78, 5) is 28.7. The molecule has 1 aromatic heterocycles. The number of nitrogens with one attached hydrogen (secondary N) is 2. The first-order valence-electron chi connectivity index (χ1n) is 12.3. The van der Waals surface area contributed by atoms with E-state index in [0.29, 0.717) is 0 Å². The molecule has 1 saturated heterocycles. The van der Waals surface area contributed by atoms with Crippen LogP contribution in [0.3, 0.4) is 0 Å². The fraction of sp³-hybridized carbons (Fsp3) is 0.520. The number of nitrogens with zero attached hydrogens (tertiary/aromatic N) is 2. The Morgan fingerprint density at radius 1 is 1.32 bits per heavy atom. The molecule has 0 spiro atoms. The van der Waals surface area contributed by atoms with E-state index in [1.165, 1.54) is 30.0 Å². The van der Waals surface area contributed by atoms with Crippen molar-refractivity contribution in [2.45, 2.75) is 53.0 Å². The highest BCUT2D eigenvalue weighted by Crippen LogP contribution is 2.50. The molecule has 13 heteroatoms. The van der Waals surface area contributed by atoms with Crippen LogP contribution >= 0.6 is 7.75 Å². The molecular weight excluding hydrogens is 513 g/mol. The summed E-state index contributed by atoms with van der Waals surface area (Å²) in [5.74, 6) is -0.465. The van der Waals surface area contributed by atoms with E-state index in [9.17, 15) is 14.2 Å². The van der Waals surface area contributed by atoms with E-state index in [-0.39, 0.29) is 36.6 Å². The van der Waals surface area contributed by atoms with E-state index in [2.05, 4.69) is 10.1 Å². The van der Waals surface area contributed by atoms with Gasteiger partial charge in [0.15, 0.2) is 0 Å². The van der Waals surface area contributed by atoms with Crippen molar-refractivity contribution in [3.05, 3.63) is 53.1 Å². The van der Waals surface area contributed by atoms with Crippen LogP contribution in [0.5, 0.6) is 5.75 Å². The quantitative estimate of drug-likeness (QED) is 0.203. The topological polar surface area (TPSA) is 168 Å². The Bertz CT molecular complexity index is 1220. The summed E-state index contributed by atoms with van der Waals surface area (Å²) in [6.07, 6.45) is 1.11. The summed E-state index contributed by atoms with van der Waals surface area (Å²) < 4.78 is 38.0. The lowest BCUT2D eigenvalue weighted by atomic mass is 9.77. The minimum Gasteiger partial charge on any atom is -0.464 e. The summed E-state index contributed by atoms with van der Waals surface area (Å²) in [6, 6.07) is 8.88. The molecule has 4 N–H and O–H groups in total. The minimum atomic E-state index is -4.12. The number of benzene rings is 1. The van der Waals surface area contributed by atoms with Crippen LogP contribution in [0.15, 0.2) is 47.4 Å². The molecule has 0 saturated carbocycles. The van der Waals surface area contributed by atoms with E-state index in [0.717, 1.165) is 0 Å². The van der Waals surface area contributed by atoms with Crippen LogP contribution in [-0.2, 0) is 23.4 Å². The number of carbonyl (C=O) groups is 1. The third-order valence-electron chi connectivity index (χ3n) is 6.43. The first kappa shape index (κ1) is 29.5. The van der Waals surface area contributed by atoms with Crippen molar-refractivity contribution in [1.29, 1.82) is 5.41 Å². The maximum absolute atomic E-state index is 13.8. The zero-order valence-electron chi connectivity index (χ0n) is 22.2. The fourth-order valence-electron chi connectivity index (χ4n) is 3.96. The number of anilines is 1. The lowest BCUT2D eigenvalue weighted by molar-refractivity contribution is -0.146. The van der Waals surface area contributed by atoms with Crippen LogP contribution in [-0.4, -0.2) is 47.1 Å². The van der Waals surface area contributed by atoms with Gasteiger partial charge in [0.2, 0.25) is 0 Å². The van der Waals surface area contributed by atoms with Gasteiger partial charge >= 0.3 is 19.4 Å². The number of aromatic nitrogens is 2. The van der Waals surface area contributed by atoms with E-state index >= 15 is 0 Å². The van der Waals surface area contributed by atoms with Crippen LogP contribution < -0.4 is 21.0 Å². The maximum atomic E-state index is 13.8. The summed E-state index contributed by atoms with van der Waals surface area (Å²) in [6.45, 7) is 8.94. The van der Waals surface area contributed by atoms with Gasteiger partial charge in [-0.3, -0.25) is 13.9 Å². The van der Waals surface area contributed by atoms with Crippen LogP contribution in [0.2, 0.25) is 0 Å². The molecule has 12 nitrogen and oxygen atoms in total. The third-order valence-corrected chi connectivity index (χ3v) is 8.08. The molecule has 6 unspecified atom stereocenters. The Labute approximate surface area is 221 Å². The van der Waals surface area contributed by atoms with Crippen molar-refractivity contribution in [2.75, 3.05) is 18.9 Å². The molecule has 0 aliphatic carbocycles. The first-order valence-corrected chi connectivity index (χ1v) is 13.9. The number of hydrogen-bond acceptors (Lipinski definition) is 10. The molecule has 1 fully saturated rings. The van der Waals surface area contributed by atoms with Gasteiger partial charge in [-0.05, 0) is 43.9 Å². The zero-order valence-corrected chi connectivity index (χ0v) is 23.1. The molecule has 1 aliphatic rings. The SMILES string of the molecule is CC(C)COC(=O)C(C)NP(=O)(OCC1OC(n2ccc(N)nc2=O)C(C)(C=N)C1C)Oc1ccccc1. The van der Waals surface area contributed by atoms with Crippen molar-refractivity contribution in [3.8, 4) is 5.75 Å². The van der Waals surface area contributed by atoms with Crippen LogP contribution in [0.4, 0.5) is 5.82 Å². The van der Waals surface area contributed by atoms with Gasteiger partial charge in [0.05, 0.1) is 24.7 Å². The van der Waals surface area contributed by atoms with Crippen molar-refractivity contribution in [2.24, 2.45) is 17.3 Å². The molecule has 0 bridgehead atoms. The van der Waals surface area contributed by atoms with E-state index < -0.39 is 43.2 Å². The average molecular weight is 550 g/mol. The van der Waals surface area contributed by atoms with E-state index in [1.54, 1.807) is 37.3 Å². The molecule has 2 aromatic rings. The average Bonchev–Trinajstić information content (AvgIpc) is 3.12. The normalized spacial score (nSPS) is 25.5. The maximum Gasteiger partial charge on any atom is 0.459 e. The number of para-hydroxylation sites is 1. The Hall–Kier alpha value is -3.05. The highest BCUT2D eigenvalue weighted by atomic mass is 31.2. The van der Waals surface area contributed by atoms with Crippen molar-refractivity contribution < 1.29 is 27.9 Å². The summed E-state index contributed by atoms with van der Waals surface area (Å²) in [7, 11) is -4.12. The molecule has 0 amide bonds. The second kappa shape index (κ2) is 12.2. The van der Waals surface area contributed by atoms with Crippen molar-refractivity contribution >= 4 is 25.7 Å². The molecule has 38 heavy (non-hydrogen) atoms. The molecule has 1 aromatic carbocycles. The molecule has 0 radical (unpaired) electrons. The predicted molar refractivity (Wildman–Crippen MR) is 142 cm³/mol. The molecule has 2 heterocycles. The van der Waals surface area contributed by atoms with Gasteiger partial charge in [0, 0.05) is 12.4 Å². The smallest absolute Gasteiger partial charge is 0.459 e. The van der Waals surface area contributed by atoms with Crippen molar-refractivity contribution in [3.63, 3.8) is 0 Å². The number of ether oxygens (including phenoxy) is 2. The zero-order chi connectivity index (χ0) is 28.1. The van der Waals surface area contributed by atoms with Gasteiger partial charge in [-0.25, -0.2) is 9.36 Å². The third kappa shape index (κ3) is 6.87. The number of rotatable bonds is 12. The fourth-order valence-corrected chi connectivity index (χ4v) is 5.46. The minimum absolute atomic E-state index is 0.0693. The van der Waals surface area contributed by atoms with Gasteiger partial charge in [0.25, 0.3) is 0 Å². The highest BCUT2D eigenvalue weighted by molar-refractivity contribution is 7.52. The highest BCUT2D eigenvalue weighted by Gasteiger charge is 2.52. The van der Waals surface area contributed by atoms with Gasteiger partial charge in [0.1, 0.15) is 23.8 Å². The standard InChI is InChI=1S/C25H36N5O7P/c1-16(2)13-34-22(31)18(4)29-38(33,37-19-9-7-6-8-10-19)35-14-20-17(3)25(5,15-26)23(36-20)30-12-11-21(27)28-24(30)32/h6-12,15-18,20,23,26H,13-14H2,1-5H3,(H,29,33)(H2,27,28,32). The van der Waals surface area contributed by atoms with Gasteiger partial charge in [-0.1, -0.05) is 39.0 Å².